The number of carbonyl (C=O) groups excluding carboxylic acids is 2. The predicted octanol–water partition coefficient (Wildman–Crippen LogP) is 6.31. The van der Waals surface area contributed by atoms with E-state index in [1.807, 2.05) is 26.0 Å². The Hall–Kier alpha value is -2.34. The van der Waals surface area contributed by atoms with Crippen molar-refractivity contribution in [3.8, 4) is 11.1 Å². The highest BCUT2D eigenvalue weighted by atomic mass is 35.5. The summed E-state index contributed by atoms with van der Waals surface area (Å²) < 4.78 is 40.2. The number of nitrogens with zero attached hydrogens (tertiary/aromatic N) is 1. The quantitative estimate of drug-likeness (QED) is 0.463. The van der Waals surface area contributed by atoms with Gasteiger partial charge in [-0.05, 0) is 72.7 Å². The molecule has 1 unspecified atom stereocenters. The summed E-state index contributed by atoms with van der Waals surface area (Å²) in [6.07, 6.45) is -2.82. The Bertz CT molecular complexity index is 999. The summed E-state index contributed by atoms with van der Waals surface area (Å²) in [6, 6.07) is 9.10. The summed E-state index contributed by atoms with van der Waals surface area (Å²) in [5, 5.41) is -0.503. The van der Waals surface area contributed by atoms with Crippen LogP contribution in [0.2, 0.25) is 0 Å². The molecule has 3 nitrogen and oxygen atoms in total. The number of benzene rings is 2. The molecule has 0 N–H and O–H groups in total. The van der Waals surface area contributed by atoms with Gasteiger partial charge in [0, 0.05) is 19.0 Å². The molecule has 0 saturated heterocycles. The maximum Gasteiger partial charge on any atom is 0.416 e. The van der Waals surface area contributed by atoms with Crippen molar-refractivity contribution >= 4 is 22.8 Å². The first-order valence-electron chi connectivity index (χ1n) is 10.3. The molecule has 0 aliphatic heterocycles. The lowest BCUT2D eigenvalue weighted by Gasteiger charge is -2.24. The molecule has 1 aliphatic rings. The van der Waals surface area contributed by atoms with E-state index in [0.717, 1.165) is 30.5 Å². The van der Waals surface area contributed by atoms with Gasteiger partial charge in [0.2, 0.25) is 11.1 Å². The molecular weight excluding hydrogens is 427 g/mol. The summed E-state index contributed by atoms with van der Waals surface area (Å²) >= 11 is 5.67. The molecule has 0 radical (unpaired) electrons. The van der Waals surface area contributed by atoms with Gasteiger partial charge in [-0.25, -0.2) is 0 Å². The summed E-state index contributed by atoms with van der Waals surface area (Å²) in [7, 11) is 0. The average Bonchev–Trinajstić information content (AvgIpc) is 3.54. The van der Waals surface area contributed by atoms with Crippen LogP contribution in [0.15, 0.2) is 36.4 Å². The fraction of sp³-hybridized carbons (Fsp3) is 0.417. The van der Waals surface area contributed by atoms with Crippen LogP contribution >= 0.6 is 11.6 Å². The molecule has 0 spiro atoms. The van der Waals surface area contributed by atoms with Gasteiger partial charge in [0.25, 0.3) is 0 Å². The maximum atomic E-state index is 13.4. The summed E-state index contributed by atoms with van der Waals surface area (Å²) in [6.45, 7) is 5.89. The lowest BCUT2D eigenvalue weighted by Crippen LogP contribution is -2.31. The van der Waals surface area contributed by atoms with Crippen molar-refractivity contribution in [3.63, 3.8) is 0 Å². The van der Waals surface area contributed by atoms with Crippen molar-refractivity contribution in [1.29, 1.82) is 0 Å². The van der Waals surface area contributed by atoms with Gasteiger partial charge in [-0.1, -0.05) is 36.8 Å². The van der Waals surface area contributed by atoms with Gasteiger partial charge < -0.3 is 4.90 Å². The second-order valence-corrected chi connectivity index (χ2v) is 8.53. The van der Waals surface area contributed by atoms with E-state index in [-0.39, 0.29) is 18.4 Å². The molecule has 0 heterocycles. The molecule has 1 aliphatic carbocycles. The summed E-state index contributed by atoms with van der Waals surface area (Å²) in [4.78, 5) is 25.9. The number of aryl methyl sites for hydroxylation is 1. The minimum Gasteiger partial charge on any atom is -0.338 e. The fourth-order valence-electron chi connectivity index (χ4n) is 3.67. The van der Waals surface area contributed by atoms with E-state index < -0.39 is 22.9 Å². The minimum absolute atomic E-state index is 0.0165. The third-order valence-corrected chi connectivity index (χ3v) is 5.99. The number of rotatable bonds is 7. The predicted molar refractivity (Wildman–Crippen MR) is 115 cm³/mol. The van der Waals surface area contributed by atoms with Gasteiger partial charge in [0.1, 0.15) is 0 Å². The van der Waals surface area contributed by atoms with Crippen LogP contribution in [0.4, 0.5) is 13.2 Å². The molecule has 3 rings (SSSR count). The Balaban J connectivity index is 2.09. The Kier molecular flexibility index (Phi) is 6.79. The topological polar surface area (TPSA) is 37.4 Å². The van der Waals surface area contributed by atoms with Crippen molar-refractivity contribution in [2.75, 3.05) is 6.54 Å². The first kappa shape index (κ1) is 23.3. The molecule has 166 valence electrons. The Morgan fingerprint density at radius 2 is 1.84 bits per heavy atom. The van der Waals surface area contributed by atoms with Crippen molar-refractivity contribution in [2.45, 2.75) is 52.3 Å². The van der Waals surface area contributed by atoms with Crippen LogP contribution in [-0.2, 0) is 22.3 Å². The molecule has 0 bridgehead atoms. The smallest absolute Gasteiger partial charge is 0.338 e. The number of hydrogen-bond donors (Lipinski definition) is 0. The van der Waals surface area contributed by atoms with Gasteiger partial charge in [0.05, 0.1) is 11.5 Å². The van der Waals surface area contributed by atoms with Crippen molar-refractivity contribution in [2.24, 2.45) is 5.92 Å². The number of hydrogen-bond acceptors (Lipinski definition) is 2. The number of alkyl halides is 3. The Labute approximate surface area is 185 Å². The first-order valence-corrected chi connectivity index (χ1v) is 10.7. The number of halogens is 4. The molecule has 1 amide bonds. The van der Waals surface area contributed by atoms with Crippen molar-refractivity contribution < 1.29 is 22.8 Å². The third-order valence-electron chi connectivity index (χ3n) is 5.66. The lowest BCUT2D eigenvalue weighted by molar-refractivity contribution is -0.137. The zero-order valence-corrected chi connectivity index (χ0v) is 18.5. The molecule has 1 atom stereocenters. The zero-order chi connectivity index (χ0) is 22.9. The van der Waals surface area contributed by atoms with Crippen LogP contribution in [0.3, 0.4) is 0 Å². The molecule has 2 aromatic carbocycles. The lowest BCUT2D eigenvalue weighted by atomic mass is 9.91. The highest BCUT2D eigenvalue weighted by molar-refractivity contribution is 6.64. The molecule has 1 saturated carbocycles. The molecule has 1 fully saturated rings. The van der Waals surface area contributed by atoms with Gasteiger partial charge in [-0.15, -0.1) is 0 Å². The van der Waals surface area contributed by atoms with Crippen LogP contribution in [0.5, 0.6) is 0 Å². The zero-order valence-electron chi connectivity index (χ0n) is 17.7. The van der Waals surface area contributed by atoms with Crippen molar-refractivity contribution in [1.82, 2.24) is 4.90 Å². The molecular formula is C24H25ClF3NO2. The molecule has 0 aromatic heterocycles. The standard InChI is InChI=1S/C24H25ClF3NO2/c1-4-29(23(31)16-5-6-16)13-19-12-20(24(26,27)28)7-8-21(19)18-10-14(2)9-17(11-18)15(3)22(25)30/h7-12,15-16H,4-6,13H2,1-3H3. The van der Waals surface area contributed by atoms with Gasteiger partial charge in [0.15, 0.2) is 0 Å². The van der Waals surface area contributed by atoms with Crippen LogP contribution in [-0.4, -0.2) is 22.6 Å². The highest BCUT2D eigenvalue weighted by Gasteiger charge is 2.34. The second kappa shape index (κ2) is 9.03. The average molecular weight is 452 g/mol. The van der Waals surface area contributed by atoms with E-state index in [9.17, 15) is 22.8 Å². The van der Waals surface area contributed by atoms with E-state index in [1.165, 1.54) is 6.07 Å². The van der Waals surface area contributed by atoms with E-state index in [4.69, 9.17) is 11.6 Å². The fourth-order valence-corrected chi connectivity index (χ4v) is 3.80. The van der Waals surface area contributed by atoms with E-state index >= 15 is 0 Å². The van der Waals surface area contributed by atoms with Crippen LogP contribution in [0.1, 0.15) is 54.9 Å². The summed E-state index contributed by atoms with van der Waals surface area (Å²) in [5.41, 5.74) is 2.53. The SMILES string of the molecule is CCN(Cc1cc(C(F)(F)F)ccc1-c1cc(C)cc(C(C)C(=O)Cl)c1)C(=O)C1CC1. The van der Waals surface area contributed by atoms with Crippen LogP contribution < -0.4 is 0 Å². The second-order valence-electron chi connectivity index (χ2n) is 8.15. The van der Waals surface area contributed by atoms with Gasteiger partial charge >= 0.3 is 6.18 Å². The van der Waals surface area contributed by atoms with Gasteiger partial charge in [-0.2, -0.15) is 13.2 Å². The van der Waals surface area contributed by atoms with Crippen molar-refractivity contribution in [3.05, 3.63) is 58.7 Å². The van der Waals surface area contributed by atoms with E-state index in [1.54, 1.807) is 17.9 Å². The molecule has 2 aromatic rings. The number of carbonyl (C=O) groups is 2. The maximum absolute atomic E-state index is 13.4. The number of amides is 1. The largest absolute Gasteiger partial charge is 0.416 e. The van der Waals surface area contributed by atoms with Crippen LogP contribution in [0, 0.1) is 12.8 Å². The first-order chi connectivity index (χ1) is 14.5. The molecule has 31 heavy (non-hydrogen) atoms. The Morgan fingerprint density at radius 1 is 1.16 bits per heavy atom. The van der Waals surface area contributed by atoms with Crippen LogP contribution in [0.25, 0.3) is 11.1 Å². The molecule has 7 heteroatoms. The van der Waals surface area contributed by atoms with E-state index in [2.05, 4.69) is 0 Å². The normalized spacial score (nSPS) is 14.9. The Morgan fingerprint density at radius 3 is 2.39 bits per heavy atom. The minimum atomic E-state index is -4.48. The monoisotopic (exact) mass is 451 g/mol. The highest BCUT2D eigenvalue weighted by Crippen LogP contribution is 2.37. The third kappa shape index (κ3) is 5.48. The van der Waals surface area contributed by atoms with E-state index in [0.29, 0.717) is 28.8 Å². The summed E-state index contributed by atoms with van der Waals surface area (Å²) in [5.74, 6) is -0.575. The van der Waals surface area contributed by atoms with Gasteiger partial charge in [-0.3, -0.25) is 9.59 Å².